The van der Waals surface area contributed by atoms with Gasteiger partial charge in [0.15, 0.2) is 0 Å². The van der Waals surface area contributed by atoms with E-state index in [1.54, 1.807) is 6.42 Å². The number of hydrogen-bond donors (Lipinski definition) is 1. The molecule has 3 fully saturated rings. The lowest BCUT2D eigenvalue weighted by Crippen LogP contribution is -2.36. The van der Waals surface area contributed by atoms with Gasteiger partial charge in [0.25, 0.3) is 0 Å². The number of aryl methyl sites for hydroxylation is 2. The molecule has 116 valence electrons. The van der Waals surface area contributed by atoms with Gasteiger partial charge in [0.1, 0.15) is 0 Å². The topological polar surface area (TPSA) is 29.9 Å². The average molecular weight is 352 g/mol. The first-order valence-corrected chi connectivity index (χ1v) is 9.32. The molecule has 3 nitrogen and oxygen atoms in total. The van der Waals surface area contributed by atoms with Gasteiger partial charge in [-0.2, -0.15) is 5.10 Å². The molecule has 5 atom stereocenters. The third-order valence-electron chi connectivity index (χ3n) is 6.40. The van der Waals surface area contributed by atoms with Crippen LogP contribution in [0.3, 0.4) is 0 Å². The fourth-order valence-corrected chi connectivity index (χ4v) is 6.14. The summed E-state index contributed by atoms with van der Waals surface area (Å²) in [4.78, 5) is 0. The molecule has 2 bridgehead atoms. The summed E-state index contributed by atoms with van der Waals surface area (Å²) >= 11 is 3.74. The molecule has 0 aromatic carbocycles. The molecule has 3 aliphatic carbocycles. The van der Waals surface area contributed by atoms with Crippen molar-refractivity contribution in [3.05, 3.63) is 15.9 Å². The van der Waals surface area contributed by atoms with Gasteiger partial charge in [0.2, 0.25) is 0 Å². The molecular formula is C17H26BrN3. The van der Waals surface area contributed by atoms with E-state index in [2.05, 4.69) is 51.9 Å². The zero-order valence-electron chi connectivity index (χ0n) is 13.3. The third-order valence-corrected chi connectivity index (χ3v) is 7.43. The summed E-state index contributed by atoms with van der Waals surface area (Å²) in [6.45, 7) is 5.40. The highest BCUT2D eigenvalue weighted by atomic mass is 79.9. The van der Waals surface area contributed by atoms with Crippen LogP contribution < -0.4 is 5.32 Å². The molecule has 1 N–H and O–H groups in total. The van der Waals surface area contributed by atoms with Crippen molar-refractivity contribution in [1.29, 1.82) is 0 Å². The van der Waals surface area contributed by atoms with Crippen molar-refractivity contribution in [1.82, 2.24) is 15.1 Å². The molecule has 21 heavy (non-hydrogen) atoms. The monoisotopic (exact) mass is 351 g/mol. The highest BCUT2D eigenvalue weighted by Crippen LogP contribution is 2.70. The fourth-order valence-electron chi connectivity index (χ4n) is 5.65. The Morgan fingerprint density at radius 1 is 1.33 bits per heavy atom. The maximum atomic E-state index is 4.56. The van der Waals surface area contributed by atoms with Gasteiger partial charge < -0.3 is 5.32 Å². The molecule has 3 saturated carbocycles. The van der Waals surface area contributed by atoms with E-state index in [1.807, 2.05) is 0 Å². The lowest BCUT2D eigenvalue weighted by Gasteiger charge is -2.22. The zero-order valence-corrected chi connectivity index (χ0v) is 14.9. The largest absolute Gasteiger partial charge is 0.314 e. The van der Waals surface area contributed by atoms with E-state index in [0.29, 0.717) is 6.04 Å². The Hall–Kier alpha value is -0.350. The Kier molecular flexibility index (Phi) is 3.45. The Bertz CT molecular complexity index is 536. The van der Waals surface area contributed by atoms with Crippen LogP contribution in [0, 0.1) is 36.5 Å². The van der Waals surface area contributed by atoms with Crippen LogP contribution in [-0.4, -0.2) is 22.4 Å². The van der Waals surface area contributed by atoms with E-state index >= 15 is 0 Å². The van der Waals surface area contributed by atoms with Crippen LogP contribution in [0.4, 0.5) is 0 Å². The van der Waals surface area contributed by atoms with Crippen LogP contribution in [-0.2, 0) is 13.5 Å². The van der Waals surface area contributed by atoms with Crippen molar-refractivity contribution in [2.75, 3.05) is 6.54 Å². The van der Waals surface area contributed by atoms with Gasteiger partial charge >= 0.3 is 0 Å². The Morgan fingerprint density at radius 2 is 2.00 bits per heavy atom. The predicted octanol–water partition coefficient (Wildman–Crippen LogP) is 3.30. The van der Waals surface area contributed by atoms with E-state index in [9.17, 15) is 0 Å². The molecular weight excluding hydrogens is 326 g/mol. The molecule has 0 radical (unpaired) electrons. The van der Waals surface area contributed by atoms with E-state index in [0.717, 1.165) is 48.2 Å². The quantitative estimate of drug-likeness (QED) is 0.881. The van der Waals surface area contributed by atoms with Crippen molar-refractivity contribution < 1.29 is 0 Å². The highest BCUT2D eigenvalue weighted by molar-refractivity contribution is 9.10. The standard InChI is InChI=1S/C17H26BrN3/c1-4-19-12(8-13-17(18)9(2)20-21(13)3)16-14-10-5-6-11(7-10)15(14)16/h10-12,14-16,19H,4-8H2,1-3H3. The Morgan fingerprint density at radius 3 is 2.52 bits per heavy atom. The predicted molar refractivity (Wildman–Crippen MR) is 88.1 cm³/mol. The van der Waals surface area contributed by atoms with E-state index in [4.69, 9.17) is 0 Å². The van der Waals surface area contributed by atoms with E-state index in [-0.39, 0.29) is 0 Å². The van der Waals surface area contributed by atoms with Crippen LogP contribution in [0.25, 0.3) is 0 Å². The number of rotatable bonds is 5. The van der Waals surface area contributed by atoms with Crippen LogP contribution in [0.5, 0.6) is 0 Å². The summed E-state index contributed by atoms with van der Waals surface area (Å²) < 4.78 is 3.28. The molecule has 1 aromatic heterocycles. The van der Waals surface area contributed by atoms with Crippen LogP contribution in [0.15, 0.2) is 4.47 Å². The summed E-state index contributed by atoms with van der Waals surface area (Å²) in [7, 11) is 2.08. The minimum atomic E-state index is 0.638. The third kappa shape index (κ3) is 2.13. The van der Waals surface area contributed by atoms with Crippen LogP contribution in [0.2, 0.25) is 0 Å². The number of aromatic nitrogens is 2. The Labute approximate surface area is 136 Å². The molecule has 3 aliphatic rings. The first-order chi connectivity index (χ1) is 10.1. The second kappa shape index (κ2) is 5.09. The van der Waals surface area contributed by atoms with Gasteiger partial charge in [0.05, 0.1) is 15.9 Å². The van der Waals surface area contributed by atoms with Crippen LogP contribution >= 0.6 is 15.9 Å². The van der Waals surface area contributed by atoms with Gasteiger partial charge in [-0.25, -0.2) is 0 Å². The van der Waals surface area contributed by atoms with Gasteiger partial charge in [-0.3, -0.25) is 4.68 Å². The molecule has 1 aromatic rings. The number of hydrogen-bond acceptors (Lipinski definition) is 2. The lowest BCUT2D eigenvalue weighted by atomic mass is 9.94. The SMILES string of the molecule is CCNC(Cc1c(Br)c(C)nn1C)C1C2C3CCC(C3)C21. The van der Waals surface area contributed by atoms with E-state index in [1.165, 1.54) is 23.0 Å². The minimum absolute atomic E-state index is 0.638. The normalized spacial score (nSPS) is 37.8. The molecule has 5 unspecified atom stereocenters. The minimum Gasteiger partial charge on any atom is -0.314 e. The molecule has 1 heterocycles. The van der Waals surface area contributed by atoms with Gasteiger partial charge in [0, 0.05) is 19.5 Å². The second-order valence-corrected chi connectivity index (χ2v) is 8.20. The van der Waals surface area contributed by atoms with Crippen molar-refractivity contribution in [3.8, 4) is 0 Å². The van der Waals surface area contributed by atoms with Crippen molar-refractivity contribution in [2.24, 2.45) is 36.6 Å². The van der Waals surface area contributed by atoms with Gasteiger partial charge in [-0.05, 0) is 78.3 Å². The molecule has 0 aliphatic heterocycles. The maximum absolute atomic E-state index is 4.56. The Balaban J connectivity index is 1.53. The highest BCUT2D eigenvalue weighted by Gasteiger charge is 2.66. The van der Waals surface area contributed by atoms with Crippen molar-refractivity contribution in [3.63, 3.8) is 0 Å². The summed E-state index contributed by atoms with van der Waals surface area (Å²) in [6.07, 6.45) is 5.67. The average Bonchev–Trinajstić information content (AvgIpc) is 2.75. The number of halogens is 1. The van der Waals surface area contributed by atoms with Crippen molar-refractivity contribution in [2.45, 2.75) is 45.6 Å². The molecule has 0 amide bonds. The molecule has 4 rings (SSSR count). The maximum Gasteiger partial charge on any atom is 0.0738 e. The summed E-state index contributed by atoms with van der Waals surface area (Å²) in [6, 6.07) is 0.638. The second-order valence-electron chi connectivity index (χ2n) is 7.40. The smallest absolute Gasteiger partial charge is 0.0738 e. The first-order valence-electron chi connectivity index (χ1n) is 8.53. The van der Waals surface area contributed by atoms with Crippen LogP contribution in [0.1, 0.15) is 37.6 Å². The summed E-state index contributed by atoms with van der Waals surface area (Å²) in [5.74, 6) is 5.13. The van der Waals surface area contributed by atoms with Crippen molar-refractivity contribution >= 4 is 15.9 Å². The lowest BCUT2D eigenvalue weighted by molar-refractivity contribution is 0.361. The first kappa shape index (κ1) is 14.3. The molecule has 4 heteroatoms. The number of fused-ring (bicyclic) bond motifs is 5. The van der Waals surface area contributed by atoms with Gasteiger partial charge in [-0.1, -0.05) is 6.92 Å². The summed E-state index contributed by atoms with van der Waals surface area (Å²) in [5.41, 5.74) is 2.47. The van der Waals surface area contributed by atoms with E-state index < -0.39 is 0 Å². The van der Waals surface area contributed by atoms with Gasteiger partial charge in [-0.15, -0.1) is 0 Å². The zero-order chi connectivity index (χ0) is 14.7. The molecule has 0 spiro atoms. The fraction of sp³-hybridized carbons (Fsp3) is 0.824. The summed E-state index contributed by atoms with van der Waals surface area (Å²) in [5, 5.41) is 8.35. The number of nitrogens with one attached hydrogen (secondary N) is 1. The number of likely N-dealkylation sites (N-methyl/N-ethyl adjacent to an activating group) is 1. The molecule has 0 saturated heterocycles. The number of nitrogens with zero attached hydrogens (tertiary/aromatic N) is 2.